The zero-order valence-corrected chi connectivity index (χ0v) is 24.4. The largest absolute Gasteiger partial charge is 0.490 e. The molecule has 0 bridgehead atoms. The third kappa shape index (κ3) is 10.2. The minimum absolute atomic E-state index is 0.0627. The van der Waals surface area contributed by atoms with Crippen LogP contribution in [0.5, 0.6) is 0 Å². The quantitative estimate of drug-likeness (QED) is 0.316. The molecule has 0 aliphatic carbocycles. The molecular weight excluding hydrogens is 579 g/mol. The normalized spacial score (nSPS) is 13.4. The predicted molar refractivity (Wildman–Crippen MR) is 153 cm³/mol. The van der Waals surface area contributed by atoms with Gasteiger partial charge in [-0.15, -0.1) is 0 Å². The van der Waals surface area contributed by atoms with Gasteiger partial charge in [-0.25, -0.2) is 13.2 Å². The van der Waals surface area contributed by atoms with Crippen LogP contribution in [0.1, 0.15) is 44.0 Å². The average molecular weight is 616 g/mol. The first kappa shape index (κ1) is 34.4. The molecule has 1 fully saturated rings. The molecule has 1 aliphatic heterocycles. The monoisotopic (exact) mass is 615 g/mol. The fourth-order valence-corrected chi connectivity index (χ4v) is 5.06. The lowest BCUT2D eigenvalue weighted by Gasteiger charge is -2.31. The van der Waals surface area contributed by atoms with Gasteiger partial charge in [0.05, 0.1) is 16.3 Å². The summed E-state index contributed by atoms with van der Waals surface area (Å²) in [5, 5.41) is 13.0. The van der Waals surface area contributed by atoms with Gasteiger partial charge in [-0.3, -0.25) is 14.3 Å². The number of nitrogens with zero attached hydrogens (tertiary/aromatic N) is 2. The van der Waals surface area contributed by atoms with Gasteiger partial charge in [-0.1, -0.05) is 13.3 Å². The second-order valence-electron chi connectivity index (χ2n) is 9.32. The van der Waals surface area contributed by atoms with Crippen LogP contribution in [0.3, 0.4) is 0 Å². The van der Waals surface area contributed by atoms with Crippen molar-refractivity contribution in [1.82, 2.24) is 10.2 Å². The highest BCUT2D eigenvalue weighted by molar-refractivity contribution is 7.92. The van der Waals surface area contributed by atoms with Crippen molar-refractivity contribution in [2.45, 2.75) is 44.7 Å². The number of anilines is 3. The molecule has 1 saturated heterocycles. The van der Waals surface area contributed by atoms with E-state index in [4.69, 9.17) is 9.90 Å². The van der Waals surface area contributed by atoms with Crippen molar-refractivity contribution in [3.8, 4) is 0 Å². The molecule has 2 aromatic carbocycles. The molecular formula is C27H36F3N5O6S. The number of amides is 2. The van der Waals surface area contributed by atoms with E-state index in [1.165, 1.54) is 19.1 Å². The summed E-state index contributed by atoms with van der Waals surface area (Å²) in [5.41, 5.74) is 2.06. The summed E-state index contributed by atoms with van der Waals surface area (Å²) in [4.78, 5) is 37.3. The van der Waals surface area contributed by atoms with Gasteiger partial charge in [-0.2, -0.15) is 13.2 Å². The molecule has 232 valence electrons. The van der Waals surface area contributed by atoms with E-state index in [1.54, 1.807) is 29.2 Å². The number of hydrogen-bond donors (Lipinski definition) is 4. The van der Waals surface area contributed by atoms with Gasteiger partial charge in [0.25, 0.3) is 15.9 Å². The topological polar surface area (TPSA) is 148 Å². The molecule has 42 heavy (non-hydrogen) atoms. The van der Waals surface area contributed by atoms with E-state index in [1.807, 2.05) is 13.0 Å². The Bertz CT molecular complexity index is 1330. The molecule has 0 spiro atoms. The van der Waals surface area contributed by atoms with E-state index >= 15 is 0 Å². The maximum absolute atomic E-state index is 13.3. The Morgan fingerprint density at radius 2 is 1.64 bits per heavy atom. The van der Waals surface area contributed by atoms with Crippen molar-refractivity contribution < 1.29 is 41.1 Å². The van der Waals surface area contributed by atoms with Crippen molar-refractivity contribution >= 4 is 44.9 Å². The Balaban J connectivity index is 0.000000782. The van der Waals surface area contributed by atoms with E-state index in [0.29, 0.717) is 30.0 Å². The number of carboxylic acid groups (broad SMARTS) is 1. The summed E-state index contributed by atoms with van der Waals surface area (Å²) < 4.78 is 61.0. The average Bonchev–Trinajstić information content (AvgIpc) is 2.93. The Kier molecular flexibility index (Phi) is 12.6. The van der Waals surface area contributed by atoms with Crippen LogP contribution in [-0.4, -0.2) is 81.7 Å². The van der Waals surface area contributed by atoms with Gasteiger partial charge >= 0.3 is 12.1 Å². The number of halogens is 3. The number of piperazine rings is 1. The minimum Gasteiger partial charge on any atom is -0.475 e. The van der Waals surface area contributed by atoms with Gasteiger partial charge in [-0.05, 0) is 55.8 Å². The van der Waals surface area contributed by atoms with E-state index in [9.17, 15) is 31.2 Å². The Hall–Kier alpha value is -3.85. The first-order valence-electron chi connectivity index (χ1n) is 13.3. The number of carboxylic acids is 1. The zero-order chi connectivity index (χ0) is 31.5. The van der Waals surface area contributed by atoms with E-state index in [-0.39, 0.29) is 16.7 Å². The van der Waals surface area contributed by atoms with Crippen LogP contribution in [-0.2, 0) is 19.6 Å². The molecule has 11 nitrogen and oxygen atoms in total. The molecule has 1 heterocycles. The summed E-state index contributed by atoms with van der Waals surface area (Å²) in [6.45, 7) is 9.69. The number of carbonyl (C=O) groups is 3. The number of hydrogen-bond acceptors (Lipinski definition) is 7. The number of unbranched alkanes of at least 4 members (excludes halogenated alkanes) is 1. The highest BCUT2D eigenvalue weighted by atomic mass is 32.2. The molecule has 0 radical (unpaired) electrons. The summed E-state index contributed by atoms with van der Waals surface area (Å²) in [6, 6.07) is 11.2. The summed E-state index contributed by atoms with van der Waals surface area (Å²) in [6.07, 6.45) is -3.19. The molecule has 2 amide bonds. The summed E-state index contributed by atoms with van der Waals surface area (Å²) in [7, 11) is -3.93. The number of carbonyl (C=O) groups excluding carboxylic acids is 2. The lowest BCUT2D eigenvalue weighted by molar-refractivity contribution is -0.192. The molecule has 0 unspecified atom stereocenters. The first-order chi connectivity index (χ1) is 19.7. The highest BCUT2D eigenvalue weighted by Gasteiger charge is 2.38. The number of aliphatic carboxylic acids is 1. The smallest absolute Gasteiger partial charge is 0.475 e. The van der Waals surface area contributed by atoms with Gasteiger partial charge in [0.2, 0.25) is 5.91 Å². The van der Waals surface area contributed by atoms with Crippen LogP contribution in [0.25, 0.3) is 0 Å². The standard InChI is InChI=1S/C25H35N5O4S.C2HF3O2/c1-4-6-15-29(5-2)25(32)20-7-12-24(30-16-13-26-14-17-30)23(18-20)28-35(33,34)22-10-8-21(9-11-22)27-19(3)31;3-2(4,5)1(6)7/h7-12,18,26,28H,4-6,13-17H2,1-3H3,(H,27,31);(H,6,7). The number of sulfonamides is 1. The van der Waals surface area contributed by atoms with Crippen molar-refractivity contribution in [3.63, 3.8) is 0 Å². The summed E-state index contributed by atoms with van der Waals surface area (Å²) in [5.74, 6) is -3.11. The molecule has 2 aromatic rings. The fourth-order valence-electron chi connectivity index (χ4n) is 3.99. The molecule has 0 atom stereocenters. The van der Waals surface area contributed by atoms with Crippen LogP contribution in [0.15, 0.2) is 47.4 Å². The van der Waals surface area contributed by atoms with Gasteiger partial charge < -0.3 is 25.5 Å². The fraction of sp³-hybridized carbons (Fsp3) is 0.444. The molecule has 0 saturated carbocycles. The van der Waals surface area contributed by atoms with Crippen LogP contribution in [0.4, 0.5) is 30.2 Å². The van der Waals surface area contributed by atoms with E-state index in [0.717, 1.165) is 44.7 Å². The van der Waals surface area contributed by atoms with Crippen molar-refractivity contribution in [1.29, 1.82) is 0 Å². The maximum Gasteiger partial charge on any atom is 0.490 e. The number of benzene rings is 2. The third-order valence-corrected chi connectivity index (χ3v) is 7.50. The predicted octanol–water partition coefficient (Wildman–Crippen LogP) is 3.75. The van der Waals surface area contributed by atoms with E-state index < -0.39 is 22.2 Å². The first-order valence-corrected chi connectivity index (χ1v) is 14.8. The summed E-state index contributed by atoms with van der Waals surface area (Å²) >= 11 is 0. The SMILES string of the molecule is CCCCN(CC)C(=O)c1ccc(N2CCNCC2)c(NS(=O)(=O)c2ccc(NC(C)=O)cc2)c1.O=C(O)C(F)(F)F. The molecule has 4 N–H and O–H groups in total. The zero-order valence-electron chi connectivity index (χ0n) is 23.6. The molecule has 15 heteroatoms. The minimum atomic E-state index is -5.08. The van der Waals surface area contributed by atoms with Crippen molar-refractivity contribution in [3.05, 3.63) is 48.0 Å². The van der Waals surface area contributed by atoms with Gasteiger partial charge in [0.15, 0.2) is 0 Å². The third-order valence-electron chi connectivity index (χ3n) is 6.12. The van der Waals surface area contributed by atoms with Crippen molar-refractivity contribution in [2.24, 2.45) is 0 Å². The maximum atomic E-state index is 13.3. The second-order valence-corrected chi connectivity index (χ2v) is 11.0. The lowest BCUT2D eigenvalue weighted by atomic mass is 10.1. The van der Waals surface area contributed by atoms with Crippen molar-refractivity contribution in [2.75, 3.05) is 54.2 Å². The number of alkyl halides is 3. The molecule has 3 rings (SSSR count). The Morgan fingerprint density at radius 3 is 2.14 bits per heavy atom. The lowest BCUT2D eigenvalue weighted by Crippen LogP contribution is -2.43. The molecule has 1 aliphatic rings. The van der Waals surface area contributed by atoms with Gasteiger partial charge in [0.1, 0.15) is 0 Å². The van der Waals surface area contributed by atoms with Crippen LogP contribution < -0.4 is 20.3 Å². The van der Waals surface area contributed by atoms with Crippen LogP contribution in [0, 0.1) is 0 Å². The number of nitrogens with one attached hydrogen (secondary N) is 3. The second kappa shape index (κ2) is 15.4. The Labute approximate surface area is 243 Å². The highest BCUT2D eigenvalue weighted by Crippen LogP contribution is 2.31. The van der Waals surface area contributed by atoms with E-state index in [2.05, 4.69) is 27.2 Å². The number of rotatable bonds is 10. The van der Waals surface area contributed by atoms with Gasteiger partial charge in [0, 0.05) is 57.4 Å². The Morgan fingerprint density at radius 1 is 1.05 bits per heavy atom. The van der Waals surface area contributed by atoms with Crippen LogP contribution in [0.2, 0.25) is 0 Å². The molecule has 0 aromatic heterocycles. The van der Waals surface area contributed by atoms with Crippen LogP contribution >= 0.6 is 0 Å².